The Kier molecular flexibility index (Phi) is 3.91. The largest absolute Gasteiger partial charge is 0.370 e. The van der Waals surface area contributed by atoms with Crippen LogP contribution < -0.4 is 10.2 Å². The molecular weight excluding hydrogens is 260 g/mol. The summed E-state index contributed by atoms with van der Waals surface area (Å²) in [6.45, 7) is 3.75. The number of nitrogens with one attached hydrogen (secondary N) is 1. The Morgan fingerprint density at radius 1 is 1.14 bits per heavy atom. The van der Waals surface area contributed by atoms with Gasteiger partial charge in [0.05, 0.1) is 5.92 Å². The third-order valence-corrected chi connectivity index (χ3v) is 3.97. The molecule has 0 bridgehead atoms. The summed E-state index contributed by atoms with van der Waals surface area (Å²) >= 11 is 0. The van der Waals surface area contributed by atoms with Crippen molar-refractivity contribution in [1.29, 1.82) is 0 Å². The Bertz CT molecular complexity index is 624. The van der Waals surface area contributed by atoms with E-state index >= 15 is 0 Å². The van der Waals surface area contributed by atoms with E-state index in [9.17, 15) is 4.79 Å². The van der Waals surface area contributed by atoms with Gasteiger partial charge in [-0.3, -0.25) is 4.79 Å². The molecule has 2 aromatic rings. The van der Waals surface area contributed by atoms with Gasteiger partial charge in [0.25, 0.3) is 0 Å². The molecule has 2 aromatic carbocycles. The van der Waals surface area contributed by atoms with Gasteiger partial charge in [-0.1, -0.05) is 43.3 Å². The molecule has 0 aromatic heterocycles. The Labute approximate surface area is 125 Å². The number of carbonyl (C=O) groups excluding carboxylic acids is 1. The lowest BCUT2D eigenvalue weighted by atomic mass is 10.1. The van der Waals surface area contributed by atoms with Crippen molar-refractivity contribution in [2.24, 2.45) is 5.92 Å². The number of carbonyl (C=O) groups is 1. The topological polar surface area (TPSA) is 32.3 Å². The maximum absolute atomic E-state index is 12.3. The van der Waals surface area contributed by atoms with E-state index in [0.717, 1.165) is 25.2 Å². The summed E-state index contributed by atoms with van der Waals surface area (Å²) in [4.78, 5) is 14.6. The van der Waals surface area contributed by atoms with Gasteiger partial charge in [0, 0.05) is 24.5 Å². The van der Waals surface area contributed by atoms with Crippen LogP contribution in [-0.2, 0) is 11.2 Å². The molecule has 0 aliphatic carbocycles. The van der Waals surface area contributed by atoms with Crippen molar-refractivity contribution < 1.29 is 4.79 Å². The number of hydrogen-bond donors (Lipinski definition) is 1. The van der Waals surface area contributed by atoms with Crippen LogP contribution in [0.15, 0.2) is 54.6 Å². The molecule has 1 aliphatic heterocycles. The molecule has 0 fully saturated rings. The highest BCUT2D eigenvalue weighted by atomic mass is 16.1. The van der Waals surface area contributed by atoms with Gasteiger partial charge in [-0.15, -0.1) is 0 Å². The lowest BCUT2D eigenvalue weighted by molar-refractivity contribution is -0.119. The van der Waals surface area contributed by atoms with Gasteiger partial charge in [0.2, 0.25) is 5.91 Å². The average molecular weight is 280 g/mol. The van der Waals surface area contributed by atoms with Gasteiger partial charge in [-0.05, 0) is 30.2 Å². The van der Waals surface area contributed by atoms with E-state index in [1.807, 2.05) is 37.3 Å². The van der Waals surface area contributed by atoms with Gasteiger partial charge in [-0.25, -0.2) is 0 Å². The van der Waals surface area contributed by atoms with Gasteiger partial charge < -0.3 is 10.2 Å². The number of benzene rings is 2. The highest BCUT2D eigenvalue weighted by Gasteiger charge is 2.22. The Hall–Kier alpha value is -2.29. The number of rotatable bonds is 4. The molecule has 21 heavy (non-hydrogen) atoms. The molecule has 1 aliphatic rings. The van der Waals surface area contributed by atoms with Crippen LogP contribution in [0.1, 0.15) is 12.5 Å². The molecule has 1 heterocycles. The van der Waals surface area contributed by atoms with Crippen LogP contribution in [0.3, 0.4) is 0 Å². The number of fused-ring (bicyclic) bond motifs is 1. The zero-order valence-corrected chi connectivity index (χ0v) is 12.3. The summed E-state index contributed by atoms with van der Waals surface area (Å²) in [5.41, 5.74) is 3.52. The molecule has 108 valence electrons. The Balaban J connectivity index is 1.62. The Morgan fingerprint density at radius 3 is 2.67 bits per heavy atom. The second-order valence-electron chi connectivity index (χ2n) is 5.58. The van der Waals surface area contributed by atoms with Crippen molar-refractivity contribution in [3.05, 3.63) is 60.2 Å². The second kappa shape index (κ2) is 6.00. The first-order valence-electron chi connectivity index (χ1n) is 7.43. The van der Waals surface area contributed by atoms with E-state index in [1.54, 1.807) is 0 Å². The van der Waals surface area contributed by atoms with Crippen molar-refractivity contribution in [3.8, 4) is 0 Å². The first-order chi connectivity index (χ1) is 10.2. The van der Waals surface area contributed by atoms with Crippen LogP contribution in [0.2, 0.25) is 0 Å². The van der Waals surface area contributed by atoms with E-state index in [1.165, 1.54) is 11.3 Å². The van der Waals surface area contributed by atoms with Crippen LogP contribution in [0, 0.1) is 5.92 Å². The summed E-state index contributed by atoms with van der Waals surface area (Å²) in [7, 11) is 0. The minimum absolute atomic E-state index is 0.0450. The summed E-state index contributed by atoms with van der Waals surface area (Å²) < 4.78 is 0. The Morgan fingerprint density at radius 2 is 1.86 bits per heavy atom. The van der Waals surface area contributed by atoms with Crippen LogP contribution in [0.5, 0.6) is 0 Å². The molecule has 3 nitrogen and oxygen atoms in total. The maximum atomic E-state index is 12.3. The molecule has 1 amide bonds. The van der Waals surface area contributed by atoms with Gasteiger partial charge in [-0.2, -0.15) is 0 Å². The summed E-state index contributed by atoms with van der Waals surface area (Å²) in [6, 6.07) is 18.1. The summed E-state index contributed by atoms with van der Waals surface area (Å²) in [5, 5.41) is 2.97. The number of anilines is 2. The van der Waals surface area contributed by atoms with E-state index in [-0.39, 0.29) is 11.8 Å². The fourth-order valence-electron chi connectivity index (χ4n) is 2.80. The molecule has 0 saturated carbocycles. The number of nitrogens with zero attached hydrogens (tertiary/aromatic N) is 1. The highest BCUT2D eigenvalue weighted by molar-refractivity contribution is 5.92. The maximum Gasteiger partial charge on any atom is 0.228 e. The minimum atomic E-state index is -0.0450. The minimum Gasteiger partial charge on any atom is -0.370 e. The van der Waals surface area contributed by atoms with E-state index < -0.39 is 0 Å². The number of hydrogen-bond acceptors (Lipinski definition) is 2. The molecule has 3 rings (SSSR count). The molecule has 1 atom stereocenters. The number of para-hydroxylation sites is 2. The predicted octanol–water partition coefficient (Wildman–Crippen LogP) is 3.32. The molecule has 0 spiro atoms. The molecule has 1 unspecified atom stereocenters. The van der Waals surface area contributed by atoms with Crippen molar-refractivity contribution in [2.45, 2.75) is 13.3 Å². The lowest BCUT2D eigenvalue weighted by Gasteiger charge is -2.23. The van der Waals surface area contributed by atoms with Crippen LogP contribution in [-0.4, -0.2) is 19.0 Å². The van der Waals surface area contributed by atoms with Crippen molar-refractivity contribution in [2.75, 3.05) is 23.3 Å². The SMILES string of the molecule is CC(CN1CCc2ccccc21)C(=O)Nc1ccccc1. The predicted molar refractivity (Wildman–Crippen MR) is 86.6 cm³/mol. The third kappa shape index (κ3) is 3.07. The standard InChI is InChI=1S/C18H20N2O/c1-14(18(21)19-16-8-3-2-4-9-16)13-20-12-11-15-7-5-6-10-17(15)20/h2-10,14H,11-13H2,1H3,(H,19,21). The van der Waals surface area contributed by atoms with Gasteiger partial charge >= 0.3 is 0 Å². The van der Waals surface area contributed by atoms with Gasteiger partial charge in [0.15, 0.2) is 0 Å². The first-order valence-corrected chi connectivity index (χ1v) is 7.43. The fourth-order valence-corrected chi connectivity index (χ4v) is 2.80. The molecule has 1 N–H and O–H groups in total. The second-order valence-corrected chi connectivity index (χ2v) is 5.58. The molecule has 0 radical (unpaired) electrons. The number of amides is 1. The normalized spacial score (nSPS) is 14.6. The fraction of sp³-hybridized carbons (Fsp3) is 0.278. The quantitative estimate of drug-likeness (QED) is 0.931. The third-order valence-electron chi connectivity index (χ3n) is 3.97. The highest BCUT2D eigenvalue weighted by Crippen LogP contribution is 2.28. The van der Waals surface area contributed by atoms with Crippen molar-refractivity contribution in [3.63, 3.8) is 0 Å². The van der Waals surface area contributed by atoms with Crippen LogP contribution in [0.4, 0.5) is 11.4 Å². The summed E-state index contributed by atoms with van der Waals surface area (Å²) in [6.07, 6.45) is 1.07. The van der Waals surface area contributed by atoms with E-state index in [4.69, 9.17) is 0 Å². The average Bonchev–Trinajstić information content (AvgIpc) is 2.91. The monoisotopic (exact) mass is 280 g/mol. The summed E-state index contributed by atoms with van der Waals surface area (Å²) in [5.74, 6) is 0.0296. The smallest absolute Gasteiger partial charge is 0.228 e. The molecule has 0 saturated heterocycles. The van der Waals surface area contributed by atoms with E-state index in [2.05, 4.69) is 34.5 Å². The lowest BCUT2D eigenvalue weighted by Crippen LogP contribution is -2.33. The zero-order chi connectivity index (χ0) is 14.7. The van der Waals surface area contributed by atoms with Crippen molar-refractivity contribution >= 4 is 17.3 Å². The zero-order valence-electron chi connectivity index (χ0n) is 12.3. The van der Waals surface area contributed by atoms with E-state index in [0.29, 0.717) is 0 Å². The molecule has 3 heteroatoms. The van der Waals surface area contributed by atoms with Crippen LogP contribution >= 0.6 is 0 Å². The van der Waals surface area contributed by atoms with Crippen LogP contribution in [0.25, 0.3) is 0 Å². The first kappa shape index (κ1) is 13.7. The van der Waals surface area contributed by atoms with Crippen molar-refractivity contribution in [1.82, 2.24) is 0 Å². The molecular formula is C18H20N2O. The van der Waals surface area contributed by atoms with Gasteiger partial charge in [0.1, 0.15) is 0 Å².